The van der Waals surface area contributed by atoms with Crippen LogP contribution in [0.3, 0.4) is 0 Å². The van der Waals surface area contributed by atoms with E-state index in [4.69, 9.17) is 11.6 Å². The quantitative estimate of drug-likeness (QED) is 0.778. The van der Waals surface area contributed by atoms with Gasteiger partial charge in [0.25, 0.3) is 10.2 Å². The summed E-state index contributed by atoms with van der Waals surface area (Å²) in [5.41, 5.74) is 0.173. The molecule has 0 saturated carbocycles. The summed E-state index contributed by atoms with van der Waals surface area (Å²) in [7, 11) is 1.66. The maximum atomic E-state index is 14.7. The molecule has 3 atom stereocenters. The highest BCUT2D eigenvalue weighted by atomic mass is 35.5. The first-order valence-corrected chi connectivity index (χ1v) is 10.0. The van der Waals surface area contributed by atoms with Crippen molar-refractivity contribution in [3.05, 3.63) is 34.6 Å². The molecule has 0 radical (unpaired) electrons. The van der Waals surface area contributed by atoms with E-state index in [1.807, 2.05) is 0 Å². The van der Waals surface area contributed by atoms with Gasteiger partial charge in [-0.2, -0.15) is 17.4 Å². The Bertz CT molecular complexity index is 807. The summed E-state index contributed by atoms with van der Waals surface area (Å²) in [5, 5.41) is -0.0989. The number of nitrogens with zero attached hydrogens (tertiary/aromatic N) is 3. The number of carbonyl (C=O) groups excluding carboxylic acids is 1. The van der Waals surface area contributed by atoms with Crippen LogP contribution in [-0.4, -0.2) is 81.5 Å². The second-order valence-corrected chi connectivity index (χ2v) is 9.08. The lowest BCUT2D eigenvalue weighted by molar-refractivity contribution is 0.161. The standard InChI is InChI=1S/C16H23ClF2N4O3S/c1-21(2)16(24)23-9-12(18)15(20-27(25,26)22(3)4)13(23)8-10-6-5-7-11(17)14(10)19/h5-7,12-13,15,20H,8-9H2,1-4H3/t12-,13-,15-/m0/s1. The minimum atomic E-state index is -3.96. The number of nitrogens with one attached hydrogen (secondary N) is 1. The number of benzene rings is 1. The third-order valence-electron chi connectivity index (χ3n) is 4.43. The zero-order valence-corrected chi connectivity index (χ0v) is 17.1. The van der Waals surface area contributed by atoms with Crippen LogP contribution in [0.5, 0.6) is 0 Å². The summed E-state index contributed by atoms with van der Waals surface area (Å²) < 4.78 is 56.7. The van der Waals surface area contributed by atoms with E-state index in [1.165, 1.54) is 50.1 Å². The van der Waals surface area contributed by atoms with Crippen LogP contribution in [0.15, 0.2) is 18.2 Å². The molecule has 11 heteroatoms. The minimum absolute atomic E-state index is 0.0903. The van der Waals surface area contributed by atoms with Crippen molar-refractivity contribution in [3.8, 4) is 0 Å². The van der Waals surface area contributed by atoms with Crippen molar-refractivity contribution in [1.82, 2.24) is 18.8 Å². The van der Waals surface area contributed by atoms with Gasteiger partial charge in [-0.15, -0.1) is 0 Å². The van der Waals surface area contributed by atoms with Gasteiger partial charge in [-0.05, 0) is 18.1 Å². The number of amides is 2. The number of halogens is 3. The average Bonchev–Trinajstić information content (AvgIpc) is 2.86. The molecule has 27 heavy (non-hydrogen) atoms. The van der Waals surface area contributed by atoms with Crippen LogP contribution in [-0.2, 0) is 16.6 Å². The van der Waals surface area contributed by atoms with Crippen LogP contribution in [0.4, 0.5) is 13.6 Å². The summed E-state index contributed by atoms with van der Waals surface area (Å²) >= 11 is 5.81. The first-order chi connectivity index (χ1) is 12.5. The largest absolute Gasteiger partial charge is 0.331 e. The van der Waals surface area contributed by atoms with Crippen molar-refractivity contribution in [1.29, 1.82) is 0 Å². The highest BCUT2D eigenvalue weighted by Gasteiger charge is 2.47. The first kappa shape index (κ1) is 21.8. The Labute approximate surface area is 163 Å². The van der Waals surface area contributed by atoms with Gasteiger partial charge in [0.15, 0.2) is 0 Å². The summed E-state index contributed by atoms with van der Waals surface area (Å²) in [5.74, 6) is -0.673. The Morgan fingerprint density at radius 2 is 1.96 bits per heavy atom. The fraction of sp³-hybridized carbons (Fsp3) is 0.562. The number of carbonyl (C=O) groups is 1. The summed E-state index contributed by atoms with van der Waals surface area (Å²) in [4.78, 5) is 14.9. The van der Waals surface area contributed by atoms with Crippen LogP contribution in [0.1, 0.15) is 5.56 Å². The molecule has 2 rings (SSSR count). The molecule has 0 aromatic heterocycles. The van der Waals surface area contributed by atoms with Crippen LogP contribution >= 0.6 is 11.6 Å². The summed E-state index contributed by atoms with van der Waals surface area (Å²) in [6, 6.07) is 1.76. The summed E-state index contributed by atoms with van der Waals surface area (Å²) in [6.45, 7) is -0.301. The van der Waals surface area contributed by atoms with Crippen molar-refractivity contribution in [2.24, 2.45) is 0 Å². The van der Waals surface area contributed by atoms with E-state index >= 15 is 0 Å². The van der Waals surface area contributed by atoms with Crippen molar-refractivity contribution < 1.29 is 22.0 Å². The maximum Gasteiger partial charge on any atom is 0.319 e. The van der Waals surface area contributed by atoms with Crippen LogP contribution < -0.4 is 4.72 Å². The van der Waals surface area contributed by atoms with Gasteiger partial charge in [-0.25, -0.2) is 13.6 Å². The topological polar surface area (TPSA) is 73.0 Å². The number of alkyl halides is 1. The number of hydrogen-bond acceptors (Lipinski definition) is 3. The molecule has 1 fully saturated rings. The molecule has 1 heterocycles. The first-order valence-electron chi connectivity index (χ1n) is 8.20. The molecule has 1 aliphatic heterocycles. The van der Waals surface area contributed by atoms with E-state index in [1.54, 1.807) is 6.07 Å². The molecule has 152 valence electrons. The molecule has 1 N–H and O–H groups in total. The van der Waals surface area contributed by atoms with E-state index in [-0.39, 0.29) is 23.6 Å². The van der Waals surface area contributed by atoms with Gasteiger partial charge in [0.2, 0.25) is 0 Å². The number of hydrogen-bond donors (Lipinski definition) is 1. The molecule has 1 aromatic carbocycles. The molecule has 1 aromatic rings. The van der Waals surface area contributed by atoms with Gasteiger partial charge in [-0.3, -0.25) is 0 Å². The zero-order chi connectivity index (χ0) is 20.5. The third kappa shape index (κ3) is 4.68. The number of likely N-dealkylation sites (tertiary alicyclic amines) is 1. The fourth-order valence-electron chi connectivity index (χ4n) is 2.95. The summed E-state index contributed by atoms with van der Waals surface area (Å²) in [6.07, 6.45) is -1.73. The molecule has 2 amide bonds. The highest BCUT2D eigenvalue weighted by Crippen LogP contribution is 2.28. The smallest absolute Gasteiger partial charge is 0.319 e. The van der Waals surface area contributed by atoms with Gasteiger partial charge in [0.1, 0.15) is 12.0 Å². The SMILES string of the molecule is CN(C)C(=O)N1C[C@H](F)[C@H](NS(=O)(=O)N(C)C)[C@@H]1Cc1cccc(Cl)c1F. The van der Waals surface area contributed by atoms with Crippen LogP contribution in [0.25, 0.3) is 0 Å². The van der Waals surface area contributed by atoms with E-state index in [2.05, 4.69) is 4.72 Å². The molecule has 0 spiro atoms. The average molecular weight is 425 g/mol. The predicted octanol–water partition coefficient (Wildman–Crippen LogP) is 1.49. The Hall–Kier alpha value is -1.49. The van der Waals surface area contributed by atoms with Gasteiger partial charge < -0.3 is 9.80 Å². The lowest BCUT2D eigenvalue weighted by Gasteiger charge is -2.31. The minimum Gasteiger partial charge on any atom is -0.331 e. The zero-order valence-electron chi connectivity index (χ0n) is 15.5. The number of rotatable bonds is 5. The normalized spacial score (nSPS) is 23.1. The fourth-order valence-corrected chi connectivity index (χ4v) is 4.00. The molecular weight excluding hydrogens is 402 g/mol. The molecule has 0 bridgehead atoms. The van der Waals surface area contributed by atoms with E-state index < -0.39 is 40.3 Å². The Balaban J connectivity index is 2.41. The highest BCUT2D eigenvalue weighted by molar-refractivity contribution is 7.87. The van der Waals surface area contributed by atoms with Gasteiger partial charge >= 0.3 is 6.03 Å². The van der Waals surface area contributed by atoms with E-state index in [0.29, 0.717) is 0 Å². The van der Waals surface area contributed by atoms with Crippen LogP contribution in [0.2, 0.25) is 5.02 Å². The van der Waals surface area contributed by atoms with Crippen molar-refractivity contribution >= 4 is 27.8 Å². The number of urea groups is 1. The second kappa shape index (κ2) is 8.26. The van der Waals surface area contributed by atoms with Gasteiger partial charge in [0.05, 0.1) is 23.7 Å². The van der Waals surface area contributed by atoms with E-state index in [9.17, 15) is 22.0 Å². The van der Waals surface area contributed by atoms with Crippen LogP contribution in [0, 0.1) is 5.82 Å². The van der Waals surface area contributed by atoms with Gasteiger partial charge in [0, 0.05) is 28.2 Å². The molecule has 0 aliphatic carbocycles. The Morgan fingerprint density at radius 3 is 2.52 bits per heavy atom. The predicted molar refractivity (Wildman–Crippen MR) is 99.1 cm³/mol. The third-order valence-corrected chi connectivity index (χ3v) is 6.25. The lowest BCUT2D eigenvalue weighted by Crippen LogP contribution is -2.53. The Morgan fingerprint density at radius 1 is 1.33 bits per heavy atom. The monoisotopic (exact) mass is 424 g/mol. The van der Waals surface area contributed by atoms with Crippen molar-refractivity contribution in [3.63, 3.8) is 0 Å². The van der Waals surface area contributed by atoms with Crippen molar-refractivity contribution in [2.45, 2.75) is 24.7 Å². The molecule has 1 aliphatic rings. The van der Waals surface area contributed by atoms with Crippen molar-refractivity contribution in [2.75, 3.05) is 34.7 Å². The molecule has 1 saturated heterocycles. The lowest BCUT2D eigenvalue weighted by atomic mass is 9.99. The molecule has 7 nitrogen and oxygen atoms in total. The molecular formula is C16H23ClF2N4O3S. The maximum absolute atomic E-state index is 14.7. The molecule has 0 unspecified atom stereocenters. The second-order valence-electron chi connectivity index (χ2n) is 6.76. The van der Waals surface area contributed by atoms with E-state index in [0.717, 1.165) is 4.31 Å². The van der Waals surface area contributed by atoms with Gasteiger partial charge in [-0.1, -0.05) is 23.7 Å². The Kier molecular flexibility index (Phi) is 6.67.